The van der Waals surface area contributed by atoms with E-state index in [2.05, 4.69) is 22.9 Å². The summed E-state index contributed by atoms with van der Waals surface area (Å²) in [4.78, 5) is 17.2. The first-order valence-electron chi connectivity index (χ1n) is 9.94. The molecule has 156 valence electrons. The van der Waals surface area contributed by atoms with Crippen LogP contribution >= 0.6 is 11.6 Å². The summed E-state index contributed by atoms with van der Waals surface area (Å²) in [6.07, 6.45) is 5.64. The van der Waals surface area contributed by atoms with Gasteiger partial charge in [0.2, 0.25) is 5.91 Å². The predicted molar refractivity (Wildman–Crippen MR) is 117 cm³/mol. The molecule has 30 heavy (non-hydrogen) atoms. The molecule has 0 aliphatic carbocycles. The maximum Gasteiger partial charge on any atom is 0.249 e. The number of carbonyl (C=O) groups excluding carboxylic acids is 1. The molecule has 0 bridgehead atoms. The van der Waals surface area contributed by atoms with Gasteiger partial charge in [0, 0.05) is 30.2 Å². The topological polar surface area (TPSA) is 71.3 Å². The average Bonchev–Trinajstić information content (AvgIpc) is 3.15. The van der Waals surface area contributed by atoms with Gasteiger partial charge < -0.3 is 20.4 Å². The van der Waals surface area contributed by atoms with Crippen molar-refractivity contribution in [3.05, 3.63) is 69.8 Å². The molecule has 0 saturated carbocycles. The van der Waals surface area contributed by atoms with Crippen LogP contribution in [0.1, 0.15) is 34.8 Å². The number of primary amides is 1. The van der Waals surface area contributed by atoms with Crippen LogP contribution in [-0.4, -0.2) is 35.5 Å². The molecule has 0 atom stereocenters. The Labute approximate surface area is 179 Å². The fourth-order valence-corrected chi connectivity index (χ4v) is 4.19. The van der Waals surface area contributed by atoms with Crippen molar-refractivity contribution < 1.29 is 13.9 Å². The van der Waals surface area contributed by atoms with Crippen LogP contribution in [0.2, 0.25) is 5.02 Å². The lowest BCUT2D eigenvalue weighted by molar-refractivity contribution is 0.0999. The van der Waals surface area contributed by atoms with E-state index in [9.17, 15) is 9.18 Å². The molecule has 4 rings (SSSR count). The van der Waals surface area contributed by atoms with Crippen LogP contribution in [-0.2, 0) is 6.42 Å². The smallest absolute Gasteiger partial charge is 0.249 e. The number of carbonyl (C=O) groups is 1. The highest BCUT2D eigenvalue weighted by Crippen LogP contribution is 2.33. The van der Waals surface area contributed by atoms with Gasteiger partial charge in [0.05, 0.1) is 21.8 Å². The Bertz CT molecular complexity index is 1140. The molecule has 1 aromatic heterocycles. The molecule has 1 aliphatic rings. The van der Waals surface area contributed by atoms with Gasteiger partial charge in [-0.25, -0.2) is 4.39 Å². The summed E-state index contributed by atoms with van der Waals surface area (Å²) in [5.41, 5.74) is 9.22. The summed E-state index contributed by atoms with van der Waals surface area (Å²) in [6.45, 7) is 3.88. The molecule has 0 spiro atoms. The van der Waals surface area contributed by atoms with Crippen LogP contribution < -0.4 is 10.5 Å². The number of aromatic nitrogens is 1. The molecule has 3 aromatic rings. The van der Waals surface area contributed by atoms with Crippen molar-refractivity contribution in [2.45, 2.75) is 19.8 Å². The number of aromatic amines is 1. The first-order valence-corrected chi connectivity index (χ1v) is 10.3. The van der Waals surface area contributed by atoms with Crippen LogP contribution in [0.4, 0.5) is 4.39 Å². The van der Waals surface area contributed by atoms with Crippen LogP contribution in [0.15, 0.2) is 42.2 Å². The number of likely N-dealkylation sites (N-methyl/N-ethyl adjacent to an activating group) is 1. The van der Waals surface area contributed by atoms with Gasteiger partial charge in [-0.2, -0.15) is 0 Å². The van der Waals surface area contributed by atoms with E-state index in [1.54, 1.807) is 0 Å². The number of ether oxygens (including phenoxy) is 1. The zero-order valence-electron chi connectivity index (χ0n) is 16.7. The standard InChI is InChI=1S/C23H23ClFN3O2/c1-2-28(10-4-5-14-12-27-21-16(14)6-3-7-19(21)24)15-11-18-17(23(26)29)8-9-20(25)22(18)30-13-15/h3,6-9,11-12,27H,2,4-5,10,13H2,1H3,(H2,26,29). The minimum absolute atomic E-state index is 0.0850. The van der Waals surface area contributed by atoms with E-state index in [-0.39, 0.29) is 17.9 Å². The molecule has 1 amide bonds. The Morgan fingerprint density at radius 1 is 1.33 bits per heavy atom. The molecule has 1 aliphatic heterocycles. The number of nitrogens with one attached hydrogen (secondary N) is 1. The second-order valence-corrected chi connectivity index (χ2v) is 7.69. The second-order valence-electron chi connectivity index (χ2n) is 7.29. The number of halogens is 2. The zero-order chi connectivity index (χ0) is 21.3. The van der Waals surface area contributed by atoms with Gasteiger partial charge in [-0.1, -0.05) is 23.7 Å². The van der Waals surface area contributed by atoms with Gasteiger partial charge in [-0.3, -0.25) is 4.79 Å². The summed E-state index contributed by atoms with van der Waals surface area (Å²) in [7, 11) is 0. The van der Waals surface area contributed by atoms with Crippen molar-refractivity contribution in [2.24, 2.45) is 5.73 Å². The lowest BCUT2D eigenvalue weighted by atomic mass is 10.0. The first kappa shape index (κ1) is 20.3. The van der Waals surface area contributed by atoms with Crippen molar-refractivity contribution in [1.29, 1.82) is 0 Å². The number of H-pyrrole nitrogens is 1. The molecule has 3 N–H and O–H groups in total. The average molecular weight is 428 g/mol. The van der Waals surface area contributed by atoms with Gasteiger partial charge in [-0.05, 0) is 49.6 Å². The zero-order valence-corrected chi connectivity index (χ0v) is 17.4. The molecule has 5 nitrogen and oxygen atoms in total. The Kier molecular flexibility index (Phi) is 5.68. The summed E-state index contributed by atoms with van der Waals surface area (Å²) in [5.74, 6) is -1.01. The minimum Gasteiger partial charge on any atom is -0.484 e. The van der Waals surface area contributed by atoms with Crippen molar-refractivity contribution in [1.82, 2.24) is 9.88 Å². The highest BCUT2D eigenvalue weighted by molar-refractivity contribution is 6.35. The quantitative estimate of drug-likeness (QED) is 0.571. The van der Waals surface area contributed by atoms with E-state index >= 15 is 0 Å². The molecule has 2 heterocycles. The summed E-state index contributed by atoms with van der Waals surface area (Å²) in [6, 6.07) is 8.51. The third-order valence-corrected chi connectivity index (χ3v) is 5.82. The number of nitrogens with zero attached hydrogens (tertiary/aromatic N) is 1. The highest BCUT2D eigenvalue weighted by atomic mass is 35.5. The monoisotopic (exact) mass is 427 g/mol. The lowest BCUT2D eigenvalue weighted by Crippen LogP contribution is -2.29. The van der Waals surface area contributed by atoms with Crippen molar-refractivity contribution in [3.63, 3.8) is 0 Å². The molecular formula is C23H23ClFN3O2. The number of fused-ring (bicyclic) bond motifs is 2. The first-order chi connectivity index (χ1) is 14.5. The van der Waals surface area contributed by atoms with Crippen molar-refractivity contribution >= 4 is 34.5 Å². The Morgan fingerprint density at radius 3 is 2.93 bits per heavy atom. The van der Waals surface area contributed by atoms with E-state index in [4.69, 9.17) is 22.1 Å². The maximum atomic E-state index is 14.1. The molecular weight excluding hydrogens is 405 g/mol. The summed E-state index contributed by atoms with van der Waals surface area (Å²) in [5, 5.41) is 1.86. The molecule has 0 fully saturated rings. The van der Waals surface area contributed by atoms with E-state index in [0.29, 0.717) is 5.56 Å². The van der Waals surface area contributed by atoms with Crippen LogP contribution in [0, 0.1) is 5.82 Å². The van der Waals surface area contributed by atoms with E-state index < -0.39 is 11.7 Å². The molecule has 0 radical (unpaired) electrons. The Morgan fingerprint density at radius 2 is 2.17 bits per heavy atom. The number of nitrogens with two attached hydrogens (primary N) is 1. The number of aryl methyl sites for hydroxylation is 1. The Hall–Kier alpha value is -2.99. The van der Waals surface area contributed by atoms with Crippen molar-refractivity contribution in [3.8, 4) is 5.75 Å². The van der Waals surface area contributed by atoms with Crippen molar-refractivity contribution in [2.75, 3.05) is 19.7 Å². The second kappa shape index (κ2) is 8.40. The van der Waals surface area contributed by atoms with Gasteiger partial charge in [0.1, 0.15) is 6.61 Å². The molecule has 0 saturated heterocycles. The van der Waals surface area contributed by atoms with Gasteiger partial charge >= 0.3 is 0 Å². The number of hydrogen-bond acceptors (Lipinski definition) is 3. The Balaban J connectivity index is 1.51. The molecule has 7 heteroatoms. The summed E-state index contributed by atoms with van der Waals surface area (Å²) >= 11 is 6.25. The largest absolute Gasteiger partial charge is 0.484 e. The number of benzene rings is 2. The predicted octanol–water partition coefficient (Wildman–Crippen LogP) is 4.75. The van der Waals surface area contributed by atoms with Crippen LogP contribution in [0.25, 0.3) is 17.0 Å². The highest BCUT2D eigenvalue weighted by Gasteiger charge is 2.23. The summed E-state index contributed by atoms with van der Waals surface area (Å²) < 4.78 is 19.8. The minimum atomic E-state index is -0.603. The van der Waals surface area contributed by atoms with Gasteiger partial charge in [0.15, 0.2) is 11.6 Å². The lowest BCUT2D eigenvalue weighted by Gasteiger charge is -2.29. The van der Waals surface area contributed by atoms with Gasteiger partial charge in [0.25, 0.3) is 0 Å². The fraction of sp³-hybridized carbons (Fsp3) is 0.261. The van der Waals surface area contributed by atoms with Gasteiger partial charge in [-0.15, -0.1) is 0 Å². The third-order valence-electron chi connectivity index (χ3n) is 5.50. The van der Waals surface area contributed by atoms with E-state index in [1.165, 1.54) is 17.7 Å². The maximum absolute atomic E-state index is 14.1. The van der Waals surface area contributed by atoms with Crippen LogP contribution in [0.5, 0.6) is 5.75 Å². The third kappa shape index (κ3) is 3.75. The molecule has 0 unspecified atom stereocenters. The normalized spacial score (nSPS) is 13.0. The fourth-order valence-electron chi connectivity index (χ4n) is 3.96. The van der Waals surface area contributed by atoms with Crippen LogP contribution in [0.3, 0.4) is 0 Å². The number of amides is 1. The number of rotatable bonds is 7. The molecule has 2 aromatic carbocycles. The van der Waals surface area contributed by atoms with E-state index in [1.807, 2.05) is 24.4 Å². The SMILES string of the molecule is CCN(CCCc1c[nH]c2c(Cl)cccc12)C1=Cc2c(C(N)=O)ccc(F)c2OC1. The number of hydrogen-bond donors (Lipinski definition) is 2. The number of para-hydroxylation sites is 1. The van der Waals surface area contributed by atoms with E-state index in [0.717, 1.165) is 47.6 Å².